The van der Waals surface area contributed by atoms with Crippen molar-refractivity contribution in [3.63, 3.8) is 0 Å². The predicted molar refractivity (Wildman–Crippen MR) is 138 cm³/mol. The first kappa shape index (κ1) is 28.0. The van der Waals surface area contributed by atoms with Crippen molar-refractivity contribution in [1.29, 1.82) is 0 Å². The molecule has 34 heavy (non-hydrogen) atoms. The standard InChI is InChI=1S/C24H31Cl2N3O4S/c1-5-27-24(31)18(3)28(16-19-10-11-20(25)15-22(19)26)23(30)7-6-14-29(34(4,32)33)21-12-8-17(2)9-13-21/h8-13,15,18H,5-7,14,16H2,1-4H3,(H,27,31)/t18-/m1/s1. The van der Waals surface area contributed by atoms with Crippen LogP contribution in [-0.2, 0) is 26.2 Å². The molecule has 0 aliphatic rings. The summed E-state index contributed by atoms with van der Waals surface area (Å²) in [4.78, 5) is 27.1. The van der Waals surface area contributed by atoms with Crippen molar-refractivity contribution in [3.05, 3.63) is 63.6 Å². The summed E-state index contributed by atoms with van der Waals surface area (Å²) in [5.74, 6) is -0.555. The molecule has 2 aromatic rings. The van der Waals surface area contributed by atoms with E-state index in [0.717, 1.165) is 11.8 Å². The molecule has 7 nitrogen and oxygen atoms in total. The molecule has 0 heterocycles. The number of nitrogens with one attached hydrogen (secondary N) is 1. The highest BCUT2D eigenvalue weighted by Gasteiger charge is 2.27. The molecule has 0 saturated carbocycles. The Labute approximate surface area is 212 Å². The van der Waals surface area contributed by atoms with Gasteiger partial charge in [-0.1, -0.05) is 47.0 Å². The van der Waals surface area contributed by atoms with Crippen molar-refractivity contribution in [1.82, 2.24) is 10.2 Å². The Balaban J connectivity index is 2.18. The summed E-state index contributed by atoms with van der Waals surface area (Å²) in [6, 6.07) is 11.4. The zero-order valence-electron chi connectivity index (χ0n) is 19.8. The van der Waals surface area contributed by atoms with Crippen molar-refractivity contribution in [2.24, 2.45) is 0 Å². The number of benzene rings is 2. The minimum atomic E-state index is -3.53. The van der Waals surface area contributed by atoms with E-state index in [-0.39, 0.29) is 37.7 Å². The molecule has 0 fully saturated rings. The summed E-state index contributed by atoms with van der Waals surface area (Å²) >= 11 is 12.3. The summed E-state index contributed by atoms with van der Waals surface area (Å²) in [7, 11) is -3.53. The third kappa shape index (κ3) is 7.89. The van der Waals surface area contributed by atoms with Gasteiger partial charge in [-0.05, 0) is 57.0 Å². The first-order valence-corrected chi connectivity index (χ1v) is 13.6. The van der Waals surface area contributed by atoms with Crippen LogP contribution < -0.4 is 9.62 Å². The SMILES string of the molecule is CCNC(=O)[C@@H](C)N(Cc1ccc(Cl)cc1Cl)C(=O)CCCN(c1ccc(C)cc1)S(C)(=O)=O. The van der Waals surface area contributed by atoms with Gasteiger partial charge in [0.2, 0.25) is 21.8 Å². The summed E-state index contributed by atoms with van der Waals surface area (Å²) in [6.45, 7) is 6.08. The number of carbonyl (C=O) groups excluding carboxylic acids is 2. The minimum absolute atomic E-state index is 0.0623. The number of anilines is 1. The molecule has 2 rings (SSSR count). The lowest BCUT2D eigenvalue weighted by Gasteiger charge is -2.29. The second kappa shape index (κ2) is 12.4. The number of sulfonamides is 1. The molecule has 0 saturated heterocycles. The maximum atomic E-state index is 13.2. The Kier molecular flexibility index (Phi) is 10.2. The lowest BCUT2D eigenvalue weighted by atomic mass is 10.1. The Morgan fingerprint density at radius 3 is 2.29 bits per heavy atom. The molecule has 0 spiro atoms. The molecule has 2 amide bonds. The van der Waals surface area contributed by atoms with Gasteiger partial charge in [0.05, 0.1) is 11.9 Å². The van der Waals surface area contributed by atoms with Crippen molar-refractivity contribution in [2.75, 3.05) is 23.7 Å². The first-order chi connectivity index (χ1) is 15.9. The number of likely N-dealkylation sites (N-methyl/N-ethyl adjacent to an activating group) is 1. The van der Waals surface area contributed by atoms with Crippen molar-refractivity contribution < 1.29 is 18.0 Å². The monoisotopic (exact) mass is 527 g/mol. The molecule has 0 aliphatic heterocycles. The number of aryl methyl sites for hydroxylation is 1. The zero-order chi connectivity index (χ0) is 25.5. The number of hydrogen-bond donors (Lipinski definition) is 1. The fourth-order valence-corrected chi connectivity index (χ4v) is 4.89. The van der Waals surface area contributed by atoms with Crippen LogP contribution in [0, 0.1) is 6.92 Å². The number of nitrogens with zero attached hydrogens (tertiary/aromatic N) is 2. The Morgan fingerprint density at radius 1 is 1.09 bits per heavy atom. The number of amides is 2. The smallest absolute Gasteiger partial charge is 0.242 e. The fourth-order valence-electron chi connectivity index (χ4n) is 3.45. The predicted octanol–water partition coefficient (Wildman–Crippen LogP) is 4.40. The van der Waals surface area contributed by atoms with Gasteiger partial charge in [-0.15, -0.1) is 0 Å². The van der Waals surface area contributed by atoms with Crippen LogP contribution in [0.25, 0.3) is 0 Å². The number of halogens is 2. The third-order valence-corrected chi connectivity index (χ3v) is 7.13. The molecule has 0 radical (unpaired) electrons. The van der Waals surface area contributed by atoms with Gasteiger partial charge in [-0.2, -0.15) is 0 Å². The van der Waals surface area contributed by atoms with Gasteiger partial charge in [-0.3, -0.25) is 13.9 Å². The summed E-state index contributed by atoms with van der Waals surface area (Å²) in [5.41, 5.74) is 2.22. The van der Waals surface area contributed by atoms with Crippen LogP contribution in [0.5, 0.6) is 0 Å². The largest absolute Gasteiger partial charge is 0.355 e. The molecule has 0 aromatic heterocycles. The number of rotatable bonds is 11. The molecular formula is C24H31Cl2N3O4S. The van der Waals surface area contributed by atoms with Gasteiger partial charge in [0.15, 0.2) is 0 Å². The van der Waals surface area contributed by atoms with E-state index < -0.39 is 16.1 Å². The Hall–Kier alpha value is -2.29. The average molecular weight is 529 g/mol. The van der Waals surface area contributed by atoms with Crippen LogP contribution in [0.3, 0.4) is 0 Å². The van der Waals surface area contributed by atoms with E-state index >= 15 is 0 Å². The zero-order valence-corrected chi connectivity index (χ0v) is 22.2. The summed E-state index contributed by atoms with van der Waals surface area (Å²) in [5, 5.41) is 3.61. The van der Waals surface area contributed by atoms with Crippen LogP contribution >= 0.6 is 23.2 Å². The molecule has 0 unspecified atom stereocenters. The quantitative estimate of drug-likeness (QED) is 0.469. The molecule has 10 heteroatoms. The third-order valence-electron chi connectivity index (χ3n) is 5.35. The summed E-state index contributed by atoms with van der Waals surface area (Å²) < 4.78 is 26.0. The maximum Gasteiger partial charge on any atom is 0.242 e. The van der Waals surface area contributed by atoms with Crippen molar-refractivity contribution in [3.8, 4) is 0 Å². The van der Waals surface area contributed by atoms with Gasteiger partial charge >= 0.3 is 0 Å². The van der Waals surface area contributed by atoms with Gasteiger partial charge in [0, 0.05) is 36.1 Å². The van der Waals surface area contributed by atoms with Crippen molar-refractivity contribution >= 4 is 50.7 Å². The molecular weight excluding hydrogens is 497 g/mol. The van der Waals surface area contributed by atoms with E-state index in [1.54, 1.807) is 44.2 Å². The number of carbonyl (C=O) groups is 2. The molecule has 1 N–H and O–H groups in total. The Morgan fingerprint density at radius 2 is 1.74 bits per heavy atom. The maximum absolute atomic E-state index is 13.2. The molecule has 0 aliphatic carbocycles. The minimum Gasteiger partial charge on any atom is -0.355 e. The van der Waals surface area contributed by atoms with Gasteiger partial charge < -0.3 is 10.2 Å². The van der Waals surface area contributed by atoms with Crippen LogP contribution in [0.4, 0.5) is 5.69 Å². The summed E-state index contributed by atoms with van der Waals surface area (Å²) in [6.07, 6.45) is 1.49. The van der Waals surface area contributed by atoms with Crippen LogP contribution in [0.15, 0.2) is 42.5 Å². The average Bonchev–Trinajstić information content (AvgIpc) is 2.76. The van der Waals surface area contributed by atoms with E-state index in [1.165, 1.54) is 9.21 Å². The lowest BCUT2D eigenvalue weighted by molar-refractivity contribution is -0.140. The topological polar surface area (TPSA) is 86.8 Å². The van der Waals surface area contributed by atoms with Crippen molar-refractivity contribution in [2.45, 2.75) is 46.2 Å². The first-order valence-electron chi connectivity index (χ1n) is 11.0. The highest BCUT2D eigenvalue weighted by Crippen LogP contribution is 2.24. The highest BCUT2D eigenvalue weighted by atomic mass is 35.5. The van der Waals surface area contributed by atoms with Gasteiger partial charge in [0.1, 0.15) is 6.04 Å². The molecule has 186 valence electrons. The lowest BCUT2D eigenvalue weighted by Crippen LogP contribution is -2.47. The van der Waals surface area contributed by atoms with E-state index in [0.29, 0.717) is 27.8 Å². The van der Waals surface area contributed by atoms with E-state index in [9.17, 15) is 18.0 Å². The highest BCUT2D eigenvalue weighted by molar-refractivity contribution is 7.92. The Bertz CT molecular complexity index is 1110. The van der Waals surface area contributed by atoms with E-state index in [4.69, 9.17) is 23.2 Å². The van der Waals surface area contributed by atoms with Crippen LogP contribution in [0.2, 0.25) is 10.0 Å². The normalized spacial score (nSPS) is 12.2. The molecule has 0 bridgehead atoms. The fraction of sp³-hybridized carbons (Fsp3) is 0.417. The van der Waals surface area contributed by atoms with E-state index in [2.05, 4.69) is 5.32 Å². The van der Waals surface area contributed by atoms with Crippen LogP contribution in [-0.4, -0.2) is 50.5 Å². The molecule has 1 atom stereocenters. The number of hydrogen-bond acceptors (Lipinski definition) is 4. The van der Waals surface area contributed by atoms with Crippen LogP contribution in [0.1, 0.15) is 37.8 Å². The second-order valence-corrected chi connectivity index (χ2v) is 10.9. The van der Waals surface area contributed by atoms with Gasteiger partial charge in [-0.25, -0.2) is 8.42 Å². The molecule has 2 aromatic carbocycles. The van der Waals surface area contributed by atoms with Gasteiger partial charge in [0.25, 0.3) is 0 Å². The van der Waals surface area contributed by atoms with E-state index in [1.807, 2.05) is 19.1 Å². The second-order valence-electron chi connectivity index (χ2n) is 8.10.